The minimum atomic E-state index is -0.722. The first-order valence-electron chi connectivity index (χ1n) is 9.69. The summed E-state index contributed by atoms with van der Waals surface area (Å²) in [6, 6.07) is 0. The Hall–Kier alpha value is -0.410. The predicted molar refractivity (Wildman–Crippen MR) is 88.7 cm³/mol. The molecule has 0 radical (unpaired) electrons. The summed E-state index contributed by atoms with van der Waals surface area (Å²) in [5.41, 5.74) is 0.0290. The largest absolute Gasteiger partial charge is 0.393 e. The van der Waals surface area contributed by atoms with E-state index in [2.05, 4.69) is 20.8 Å². The van der Waals surface area contributed by atoms with Gasteiger partial charge in [-0.25, -0.2) is 0 Å². The smallest absolute Gasteiger partial charge is 0.167 e. The lowest BCUT2D eigenvalue weighted by atomic mass is 9.43. The van der Waals surface area contributed by atoms with Crippen molar-refractivity contribution in [3.63, 3.8) is 0 Å². The van der Waals surface area contributed by atoms with Crippen molar-refractivity contribution in [3.05, 3.63) is 0 Å². The molecule has 4 aliphatic rings. The van der Waals surface area contributed by atoms with Crippen molar-refractivity contribution in [2.24, 2.45) is 40.4 Å². The summed E-state index contributed by atoms with van der Waals surface area (Å²) in [5, 5.41) is 20.4. The molecule has 23 heavy (non-hydrogen) atoms. The molecule has 0 aromatic heterocycles. The van der Waals surface area contributed by atoms with Crippen LogP contribution in [0.25, 0.3) is 0 Å². The number of Topliss-reactive ketones (excluding diaryl/α,β-unsaturated/α-hetero) is 1. The van der Waals surface area contributed by atoms with Gasteiger partial charge in [-0.15, -0.1) is 0 Å². The van der Waals surface area contributed by atoms with E-state index in [0.717, 1.165) is 25.7 Å². The average Bonchev–Trinajstić information content (AvgIpc) is 2.73. The van der Waals surface area contributed by atoms with Gasteiger partial charge >= 0.3 is 0 Å². The van der Waals surface area contributed by atoms with Gasteiger partial charge in [-0.2, -0.15) is 0 Å². The number of carbonyl (C=O) groups is 1. The summed E-state index contributed by atoms with van der Waals surface area (Å²) >= 11 is 0. The van der Waals surface area contributed by atoms with Crippen LogP contribution in [0.3, 0.4) is 0 Å². The second kappa shape index (κ2) is 5.05. The molecule has 4 fully saturated rings. The fourth-order valence-electron chi connectivity index (χ4n) is 7.49. The molecule has 130 valence electrons. The highest BCUT2D eigenvalue weighted by atomic mass is 16.3. The number of aliphatic hydroxyl groups excluding tert-OH is 2. The number of carbonyl (C=O) groups excluding carboxylic acids is 1. The Morgan fingerprint density at radius 1 is 1.00 bits per heavy atom. The highest BCUT2D eigenvalue weighted by Crippen LogP contribution is 2.66. The molecular formula is C20H32O3. The van der Waals surface area contributed by atoms with Gasteiger partial charge in [0.05, 0.1) is 6.10 Å². The third kappa shape index (κ3) is 1.99. The topological polar surface area (TPSA) is 57.5 Å². The highest BCUT2D eigenvalue weighted by molar-refractivity contribution is 5.91. The van der Waals surface area contributed by atoms with E-state index in [1.54, 1.807) is 0 Å². The fraction of sp³-hybridized carbons (Fsp3) is 0.950. The molecule has 4 rings (SSSR count). The Balaban J connectivity index is 1.68. The molecule has 2 N–H and O–H groups in total. The van der Waals surface area contributed by atoms with Crippen molar-refractivity contribution in [1.82, 2.24) is 0 Å². The Morgan fingerprint density at radius 3 is 2.48 bits per heavy atom. The number of hydrogen-bond donors (Lipinski definition) is 2. The molecule has 0 spiro atoms. The molecule has 0 heterocycles. The number of ketones is 1. The summed E-state index contributed by atoms with van der Waals surface area (Å²) in [4.78, 5) is 12.5. The van der Waals surface area contributed by atoms with Gasteiger partial charge in [0.1, 0.15) is 6.10 Å². The van der Waals surface area contributed by atoms with Crippen LogP contribution in [0.4, 0.5) is 0 Å². The zero-order valence-corrected chi connectivity index (χ0v) is 14.8. The Labute approximate surface area is 139 Å². The van der Waals surface area contributed by atoms with Crippen LogP contribution >= 0.6 is 0 Å². The fourth-order valence-corrected chi connectivity index (χ4v) is 7.49. The average molecular weight is 320 g/mol. The minimum absolute atomic E-state index is 0.111. The highest BCUT2D eigenvalue weighted by Gasteiger charge is 2.63. The van der Waals surface area contributed by atoms with Gasteiger partial charge in [-0.1, -0.05) is 20.8 Å². The van der Waals surface area contributed by atoms with Crippen LogP contribution < -0.4 is 0 Å². The molecule has 0 aromatic rings. The molecule has 3 nitrogen and oxygen atoms in total. The van der Waals surface area contributed by atoms with E-state index in [1.165, 1.54) is 12.8 Å². The zero-order chi connectivity index (χ0) is 16.6. The van der Waals surface area contributed by atoms with Crippen LogP contribution in [0.5, 0.6) is 0 Å². The number of rotatable bonds is 0. The van der Waals surface area contributed by atoms with Crippen molar-refractivity contribution in [2.45, 2.75) is 77.9 Å². The zero-order valence-electron chi connectivity index (χ0n) is 14.8. The van der Waals surface area contributed by atoms with Gasteiger partial charge < -0.3 is 10.2 Å². The maximum Gasteiger partial charge on any atom is 0.167 e. The molecular weight excluding hydrogens is 288 g/mol. The number of hydrogen-bond acceptors (Lipinski definition) is 3. The maximum atomic E-state index is 12.5. The van der Waals surface area contributed by atoms with Gasteiger partial charge in [-0.3, -0.25) is 4.79 Å². The lowest BCUT2D eigenvalue weighted by Gasteiger charge is -2.62. The molecule has 4 saturated carbocycles. The van der Waals surface area contributed by atoms with E-state index in [0.29, 0.717) is 41.4 Å². The summed E-state index contributed by atoms with van der Waals surface area (Å²) in [6.45, 7) is 6.93. The Kier molecular flexibility index (Phi) is 3.53. The molecule has 0 saturated heterocycles. The Bertz CT molecular complexity index is 517. The molecule has 4 aliphatic carbocycles. The maximum absolute atomic E-state index is 12.5. The molecule has 9 atom stereocenters. The monoisotopic (exact) mass is 320 g/mol. The first-order chi connectivity index (χ1) is 10.8. The molecule has 0 amide bonds. The van der Waals surface area contributed by atoms with Crippen LogP contribution in [0.1, 0.15) is 65.7 Å². The molecule has 3 heteroatoms. The molecule has 0 aromatic carbocycles. The van der Waals surface area contributed by atoms with Crippen LogP contribution in [0.2, 0.25) is 0 Å². The lowest BCUT2D eigenvalue weighted by Crippen LogP contribution is -2.56. The second-order valence-corrected chi connectivity index (χ2v) is 9.62. The van der Waals surface area contributed by atoms with E-state index < -0.39 is 6.10 Å². The van der Waals surface area contributed by atoms with Crippen molar-refractivity contribution in [1.29, 1.82) is 0 Å². The van der Waals surface area contributed by atoms with Crippen molar-refractivity contribution >= 4 is 5.78 Å². The third-order valence-electron chi connectivity index (χ3n) is 8.94. The van der Waals surface area contributed by atoms with E-state index in [9.17, 15) is 15.0 Å². The minimum Gasteiger partial charge on any atom is -0.393 e. The SMILES string of the molecule is C[C@H]1CC(O)C[C@@H]2CC[C@@H]3[C@H](CC[C@]4(C)C(=O)C(O)C[C@@H]34)[C@]21C. The molecule has 0 aliphatic heterocycles. The van der Waals surface area contributed by atoms with Crippen LogP contribution in [-0.2, 0) is 4.79 Å². The summed E-state index contributed by atoms with van der Waals surface area (Å²) in [7, 11) is 0. The van der Waals surface area contributed by atoms with Crippen molar-refractivity contribution < 1.29 is 15.0 Å². The van der Waals surface area contributed by atoms with Gasteiger partial charge in [0.25, 0.3) is 0 Å². The molecule has 2 unspecified atom stereocenters. The van der Waals surface area contributed by atoms with Crippen molar-refractivity contribution in [2.75, 3.05) is 0 Å². The first kappa shape index (κ1) is 16.1. The third-order valence-corrected chi connectivity index (χ3v) is 8.94. The van der Waals surface area contributed by atoms with Gasteiger partial charge in [-0.05, 0) is 80.0 Å². The van der Waals surface area contributed by atoms with E-state index >= 15 is 0 Å². The van der Waals surface area contributed by atoms with E-state index in [1.807, 2.05) is 0 Å². The van der Waals surface area contributed by atoms with Gasteiger partial charge in [0.2, 0.25) is 0 Å². The van der Waals surface area contributed by atoms with Crippen LogP contribution in [-0.4, -0.2) is 28.2 Å². The first-order valence-corrected chi connectivity index (χ1v) is 9.69. The van der Waals surface area contributed by atoms with Crippen molar-refractivity contribution in [3.8, 4) is 0 Å². The predicted octanol–water partition coefficient (Wildman–Crippen LogP) is 3.18. The van der Waals surface area contributed by atoms with E-state index in [-0.39, 0.29) is 17.3 Å². The van der Waals surface area contributed by atoms with Gasteiger partial charge in [0, 0.05) is 5.41 Å². The lowest BCUT2D eigenvalue weighted by molar-refractivity contribution is -0.155. The Morgan fingerprint density at radius 2 is 1.74 bits per heavy atom. The second-order valence-electron chi connectivity index (χ2n) is 9.62. The summed E-state index contributed by atoms with van der Waals surface area (Å²) in [5.74, 6) is 2.93. The standard InChI is InChI=1S/C20H32O3/c1-11-8-13(21)9-12-4-5-14-15(20(11,12)3)6-7-19(2)16(14)10-17(22)18(19)23/h11-17,21-22H,4-10H2,1-3H3/t11-,12-,13?,14+,15-,16-,17?,19-,20-/m0/s1. The summed E-state index contributed by atoms with van der Waals surface area (Å²) < 4.78 is 0. The normalized spacial score (nSPS) is 59.2. The van der Waals surface area contributed by atoms with Crippen LogP contribution in [0.15, 0.2) is 0 Å². The number of aliphatic hydroxyl groups is 2. The summed E-state index contributed by atoms with van der Waals surface area (Å²) in [6.07, 6.45) is 6.20. The van der Waals surface area contributed by atoms with E-state index in [4.69, 9.17) is 0 Å². The van der Waals surface area contributed by atoms with Gasteiger partial charge in [0.15, 0.2) is 5.78 Å². The molecule has 0 bridgehead atoms. The quantitative estimate of drug-likeness (QED) is 0.721. The number of fused-ring (bicyclic) bond motifs is 5. The van der Waals surface area contributed by atoms with Crippen LogP contribution in [0, 0.1) is 40.4 Å².